The standard InChI is InChI=1S/C16H11N3/c1-2-6-12-11(4-1)5-3-7-13(12)14-8-9-17-16-15(14)10-18-19-16/h1-10H,(H,17,18,19). The van der Waals surface area contributed by atoms with Gasteiger partial charge in [0.15, 0.2) is 5.65 Å². The molecule has 0 atom stereocenters. The maximum absolute atomic E-state index is 4.29. The Labute approximate surface area is 109 Å². The van der Waals surface area contributed by atoms with Gasteiger partial charge in [0.05, 0.1) is 6.20 Å². The summed E-state index contributed by atoms with van der Waals surface area (Å²) in [5, 5.41) is 10.5. The summed E-state index contributed by atoms with van der Waals surface area (Å²) < 4.78 is 0. The molecule has 0 unspecified atom stereocenters. The van der Waals surface area contributed by atoms with E-state index in [9.17, 15) is 0 Å². The van der Waals surface area contributed by atoms with Gasteiger partial charge in [0.2, 0.25) is 0 Å². The van der Waals surface area contributed by atoms with Crippen LogP contribution >= 0.6 is 0 Å². The molecule has 2 aromatic heterocycles. The highest BCUT2D eigenvalue weighted by molar-refractivity contribution is 6.03. The fourth-order valence-electron chi connectivity index (χ4n) is 2.55. The molecule has 2 aromatic carbocycles. The lowest BCUT2D eigenvalue weighted by atomic mass is 9.97. The Morgan fingerprint density at radius 3 is 2.63 bits per heavy atom. The van der Waals surface area contributed by atoms with E-state index in [1.54, 1.807) is 0 Å². The molecule has 0 amide bonds. The molecule has 4 aromatic rings. The Morgan fingerprint density at radius 2 is 1.63 bits per heavy atom. The molecule has 0 saturated heterocycles. The van der Waals surface area contributed by atoms with Gasteiger partial charge in [-0.1, -0.05) is 42.5 Å². The van der Waals surface area contributed by atoms with Crippen molar-refractivity contribution in [2.75, 3.05) is 0 Å². The highest BCUT2D eigenvalue weighted by Gasteiger charge is 2.08. The summed E-state index contributed by atoms with van der Waals surface area (Å²) in [5.41, 5.74) is 3.20. The van der Waals surface area contributed by atoms with Gasteiger partial charge in [0.1, 0.15) is 0 Å². The van der Waals surface area contributed by atoms with Crippen LogP contribution in [0.5, 0.6) is 0 Å². The van der Waals surface area contributed by atoms with Crippen LogP contribution in [0.25, 0.3) is 32.9 Å². The summed E-state index contributed by atoms with van der Waals surface area (Å²) in [6.45, 7) is 0. The van der Waals surface area contributed by atoms with E-state index in [-0.39, 0.29) is 0 Å². The number of hydrogen-bond donors (Lipinski definition) is 1. The van der Waals surface area contributed by atoms with Crippen LogP contribution in [-0.2, 0) is 0 Å². The third kappa shape index (κ3) is 1.52. The van der Waals surface area contributed by atoms with Crippen LogP contribution < -0.4 is 0 Å². The van der Waals surface area contributed by atoms with Crippen molar-refractivity contribution in [1.29, 1.82) is 0 Å². The number of pyridine rings is 1. The molecule has 0 radical (unpaired) electrons. The second-order valence-electron chi connectivity index (χ2n) is 4.52. The third-order valence-corrected chi connectivity index (χ3v) is 3.43. The Kier molecular flexibility index (Phi) is 2.12. The summed E-state index contributed by atoms with van der Waals surface area (Å²) >= 11 is 0. The molecule has 0 bridgehead atoms. The van der Waals surface area contributed by atoms with Crippen molar-refractivity contribution < 1.29 is 0 Å². The fourth-order valence-corrected chi connectivity index (χ4v) is 2.55. The zero-order valence-corrected chi connectivity index (χ0v) is 10.2. The van der Waals surface area contributed by atoms with E-state index >= 15 is 0 Å². The molecular formula is C16H11N3. The molecular weight excluding hydrogens is 234 g/mol. The lowest BCUT2D eigenvalue weighted by molar-refractivity contribution is 1.10. The van der Waals surface area contributed by atoms with Crippen LogP contribution in [-0.4, -0.2) is 15.2 Å². The average molecular weight is 245 g/mol. The number of benzene rings is 2. The van der Waals surface area contributed by atoms with Gasteiger partial charge in [0.25, 0.3) is 0 Å². The normalized spacial score (nSPS) is 11.2. The fraction of sp³-hybridized carbons (Fsp3) is 0. The van der Waals surface area contributed by atoms with Crippen molar-refractivity contribution in [3.8, 4) is 11.1 Å². The summed E-state index contributed by atoms with van der Waals surface area (Å²) in [7, 11) is 0. The number of aromatic amines is 1. The molecule has 19 heavy (non-hydrogen) atoms. The summed E-state index contributed by atoms with van der Waals surface area (Å²) in [5.74, 6) is 0. The lowest BCUT2D eigenvalue weighted by Gasteiger charge is -2.07. The van der Waals surface area contributed by atoms with Crippen LogP contribution in [0.15, 0.2) is 60.9 Å². The first kappa shape index (κ1) is 10.3. The molecule has 4 rings (SSSR count). The van der Waals surface area contributed by atoms with Crippen molar-refractivity contribution >= 4 is 21.8 Å². The monoisotopic (exact) mass is 245 g/mol. The molecule has 0 fully saturated rings. The Balaban J connectivity index is 2.12. The number of fused-ring (bicyclic) bond motifs is 2. The van der Waals surface area contributed by atoms with Gasteiger partial charge in [-0.25, -0.2) is 4.98 Å². The molecule has 2 heterocycles. The summed E-state index contributed by atoms with van der Waals surface area (Å²) in [4.78, 5) is 4.29. The minimum Gasteiger partial charge on any atom is -0.261 e. The predicted octanol–water partition coefficient (Wildman–Crippen LogP) is 3.78. The van der Waals surface area contributed by atoms with Gasteiger partial charge < -0.3 is 0 Å². The van der Waals surface area contributed by atoms with E-state index in [1.165, 1.54) is 16.3 Å². The summed E-state index contributed by atoms with van der Waals surface area (Å²) in [6.07, 6.45) is 3.65. The molecule has 90 valence electrons. The molecule has 0 aliphatic heterocycles. The average Bonchev–Trinajstić information content (AvgIpc) is 2.95. The van der Waals surface area contributed by atoms with Crippen molar-refractivity contribution in [1.82, 2.24) is 15.2 Å². The third-order valence-electron chi connectivity index (χ3n) is 3.43. The molecule has 0 aliphatic rings. The Bertz CT molecular complexity index is 872. The smallest absolute Gasteiger partial charge is 0.155 e. The van der Waals surface area contributed by atoms with Crippen LogP contribution in [0.2, 0.25) is 0 Å². The maximum Gasteiger partial charge on any atom is 0.155 e. The Hall–Kier alpha value is -2.68. The SMILES string of the molecule is c1ccc2c(-c3ccnc4[nH]ncc34)cccc2c1. The van der Waals surface area contributed by atoms with Crippen LogP contribution in [0, 0.1) is 0 Å². The zero-order valence-electron chi connectivity index (χ0n) is 10.2. The second-order valence-corrected chi connectivity index (χ2v) is 4.52. The maximum atomic E-state index is 4.29. The molecule has 1 N–H and O–H groups in total. The number of nitrogens with one attached hydrogen (secondary N) is 1. The largest absolute Gasteiger partial charge is 0.261 e. The molecule has 3 nitrogen and oxygen atoms in total. The van der Waals surface area contributed by atoms with E-state index in [0.29, 0.717) is 0 Å². The second kappa shape index (κ2) is 3.92. The highest BCUT2D eigenvalue weighted by atomic mass is 15.1. The quantitative estimate of drug-likeness (QED) is 0.554. The van der Waals surface area contributed by atoms with E-state index in [4.69, 9.17) is 0 Å². The van der Waals surface area contributed by atoms with Gasteiger partial charge in [-0.3, -0.25) is 5.10 Å². The van der Waals surface area contributed by atoms with Crippen molar-refractivity contribution in [3.05, 3.63) is 60.9 Å². The highest BCUT2D eigenvalue weighted by Crippen LogP contribution is 2.32. The minimum absolute atomic E-state index is 0.824. The van der Waals surface area contributed by atoms with Crippen molar-refractivity contribution in [2.24, 2.45) is 0 Å². The van der Waals surface area contributed by atoms with Crippen LogP contribution in [0.3, 0.4) is 0 Å². The number of nitrogens with zero attached hydrogens (tertiary/aromatic N) is 2. The van der Waals surface area contributed by atoms with Gasteiger partial charge in [-0.15, -0.1) is 0 Å². The first-order chi connectivity index (χ1) is 9.43. The van der Waals surface area contributed by atoms with E-state index in [0.717, 1.165) is 16.6 Å². The molecule has 3 heteroatoms. The van der Waals surface area contributed by atoms with Crippen LogP contribution in [0.4, 0.5) is 0 Å². The zero-order chi connectivity index (χ0) is 12.7. The van der Waals surface area contributed by atoms with Crippen LogP contribution in [0.1, 0.15) is 0 Å². The van der Waals surface area contributed by atoms with Crippen molar-refractivity contribution in [2.45, 2.75) is 0 Å². The van der Waals surface area contributed by atoms with E-state index in [2.05, 4.69) is 57.6 Å². The lowest BCUT2D eigenvalue weighted by Crippen LogP contribution is -1.84. The van der Waals surface area contributed by atoms with Crippen molar-refractivity contribution in [3.63, 3.8) is 0 Å². The van der Waals surface area contributed by atoms with Gasteiger partial charge in [0, 0.05) is 11.6 Å². The molecule has 0 saturated carbocycles. The molecule has 0 aliphatic carbocycles. The van der Waals surface area contributed by atoms with Gasteiger partial charge in [-0.05, 0) is 28.0 Å². The number of aromatic nitrogens is 3. The Morgan fingerprint density at radius 1 is 0.789 bits per heavy atom. The topological polar surface area (TPSA) is 41.6 Å². The first-order valence-corrected chi connectivity index (χ1v) is 6.20. The number of rotatable bonds is 1. The first-order valence-electron chi connectivity index (χ1n) is 6.20. The van der Waals surface area contributed by atoms with Gasteiger partial charge in [-0.2, -0.15) is 5.10 Å². The predicted molar refractivity (Wildman–Crippen MR) is 76.8 cm³/mol. The molecule has 0 spiro atoms. The number of H-pyrrole nitrogens is 1. The van der Waals surface area contributed by atoms with E-state index < -0.39 is 0 Å². The number of hydrogen-bond acceptors (Lipinski definition) is 2. The van der Waals surface area contributed by atoms with Gasteiger partial charge >= 0.3 is 0 Å². The minimum atomic E-state index is 0.824. The van der Waals surface area contributed by atoms with E-state index in [1.807, 2.05) is 18.5 Å². The summed E-state index contributed by atoms with van der Waals surface area (Å²) in [6, 6.07) is 16.8.